The summed E-state index contributed by atoms with van der Waals surface area (Å²) >= 11 is 0. The molecule has 2 N–H and O–H groups in total. The zero-order valence-corrected chi connectivity index (χ0v) is 14.2. The van der Waals surface area contributed by atoms with Crippen LogP contribution in [0.1, 0.15) is 31.9 Å². The van der Waals surface area contributed by atoms with Gasteiger partial charge < -0.3 is 10.2 Å². The summed E-state index contributed by atoms with van der Waals surface area (Å²) in [6.07, 6.45) is 0.780. The molecule has 0 radical (unpaired) electrons. The summed E-state index contributed by atoms with van der Waals surface area (Å²) in [5.41, 5.74) is 1.97. The Kier molecular flexibility index (Phi) is 5.80. The van der Waals surface area contributed by atoms with E-state index in [0.717, 1.165) is 12.0 Å². The average molecular weight is 313 g/mol. The molecule has 0 fully saturated rings. The molecule has 0 saturated heterocycles. The molecule has 0 spiro atoms. The molecular weight excluding hydrogens is 286 g/mol. The maximum absolute atomic E-state index is 10.1. The lowest BCUT2D eigenvalue weighted by Crippen LogP contribution is -2.50. The number of nitrogens with zero attached hydrogens (tertiary/aromatic N) is 1. The normalized spacial score (nSPS) is 13.3. The Morgan fingerprint density at radius 1 is 0.957 bits per heavy atom. The van der Waals surface area contributed by atoms with Crippen LogP contribution in [0.4, 0.5) is 0 Å². The number of hydrogen-bond acceptors (Lipinski definition) is 3. The van der Waals surface area contributed by atoms with E-state index in [2.05, 4.69) is 37.8 Å². The fraction of sp³-hybridized carbons (Fsp3) is 0.400. The molecule has 0 amide bonds. The fourth-order valence-electron chi connectivity index (χ4n) is 2.90. The van der Waals surface area contributed by atoms with Crippen molar-refractivity contribution in [1.29, 1.82) is 0 Å². The van der Waals surface area contributed by atoms with Gasteiger partial charge in [-0.15, -0.1) is 0 Å². The van der Waals surface area contributed by atoms with Crippen LogP contribution in [0.25, 0.3) is 0 Å². The molecule has 23 heavy (non-hydrogen) atoms. The van der Waals surface area contributed by atoms with E-state index in [0.29, 0.717) is 12.3 Å². The number of aliphatic hydroxyl groups excluding tert-OH is 1. The van der Waals surface area contributed by atoms with E-state index < -0.39 is 0 Å². The van der Waals surface area contributed by atoms with Gasteiger partial charge in [0.05, 0.1) is 6.61 Å². The van der Waals surface area contributed by atoms with E-state index >= 15 is 0 Å². The first-order valence-electron chi connectivity index (χ1n) is 8.10. The zero-order chi connectivity index (χ0) is 16.9. The third-order valence-electron chi connectivity index (χ3n) is 4.16. The van der Waals surface area contributed by atoms with Gasteiger partial charge in [0.1, 0.15) is 5.75 Å². The smallest absolute Gasteiger partial charge is 0.120 e. The molecule has 3 heteroatoms. The second kappa shape index (κ2) is 7.62. The summed E-state index contributed by atoms with van der Waals surface area (Å²) in [4.78, 5) is 2.26. The Hall–Kier alpha value is -1.84. The predicted octanol–water partition coefficient (Wildman–Crippen LogP) is 3.60. The van der Waals surface area contributed by atoms with Gasteiger partial charge in [-0.05, 0) is 38.8 Å². The quantitative estimate of drug-likeness (QED) is 0.856. The van der Waals surface area contributed by atoms with Crippen LogP contribution in [0.5, 0.6) is 5.75 Å². The number of aliphatic hydroxyl groups is 1. The van der Waals surface area contributed by atoms with E-state index in [1.807, 2.05) is 36.4 Å². The van der Waals surface area contributed by atoms with Crippen molar-refractivity contribution in [2.24, 2.45) is 0 Å². The van der Waals surface area contributed by atoms with E-state index in [4.69, 9.17) is 0 Å². The summed E-state index contributed by atoms with van der Waals surface area (Å²) in [5, 5.41) is 20.0. The van der Waals surface area contributed by atoms with E-state index in [1.54, 1.807) is 6.07 Å². The monoisotopic (exact) mass is 313 g/mol. The highest BCUT2D eigenvalue weighted by molar-refractivity contribution is 5.32. The molecule has 0 saturated carbocycles. The number of phenolic OH excluding ortho intramolecular Hbond substituents is 1. The van der Waals surface area contributed by atoms with E-state index in [9.17, 15) is 10.2 Å². The van der Waals surface area contributed by atoms with E-state index in [1.165, 1.54) is 5.56 Å². The Balaban J connectivity index is 2.24. The van der Waals surface area contributed by atoms with Crippen molar-refractivity contribution in [3.63, 3.8) is 0 Å². The van der Waals surface area contributed by atoms with E-state index in [-0.39, 0.29) is 18.2 Å². The number of rotatable bonds is 6. The molecule has 2 rings (SSSR count). The molecule has 2 aromatic carbocycles. The summed E-state index contributed by atoms with van der Waals surface area (Å²) in [5.74, 6) is 0.304. The van der Waals surface area contributed by atoms with Crippen molar-refractivity contribution < 1.29 is 10.2 Å². The molecule has 2 aromatic rings. The van der Waals surface area contributed by atoms with Crippen molar-refractivity contribution in [1.82, 2.24) is 4.90 Å². The molecule has 0 aromatic heterocycles. The van der Waals surface area contributed by atoms with Crippen LogP contribution in [-0.4, -0.2) is 33.3 Å². The molecule has 0 aliphatic carbocycles. The second-order valence-corrected chi connectivity index (χ2v) is 6.95. The van der Waals surface area contributed by atoms with Crippen LogP contribution >= 0.6 is 0 Å². The lowest BCUT2D eigenvalue weighted by atomic mass is 9.97. The van der Waals surface area contributed by atoms with Gasteiger partial charge in [0.25, 0.3) is 0 Å². The summed E-state index contributed by atoms with van der Waals surface area (Å²) < 4.78 is 0. The highest BCUT2D eigenvalue weighted by Crippen LogP contribution is 2.26. The first kappa shape index (κ1) is 17.5. The SMILES string of the molecule is CC(C)(C)N(Cc1ccccc1O)C(CO)Cc1ccccc1. The number of hydrogen-bond donors (Lipinski definition) is 2. The highest BCUT2D eigenvalue weighted by atomic mass is 16.3. The van der Waals surface area contributed by atoms with Gasteiger partial charge in [0.15, 0.2) is 0 Å². The largest absolute Gasteiger partial charge is 0.508 e. The standard InChI is InChI=1S/C20H27NO2/c1-20(2,3)21(14-17-11-7-8-12-19(17)23)18(15-22)13-16-9-5-4-6-10-16/h4-12,18,22-23H,13-15H2,1-3H3. The van der Waals surface area contributed by atoms with Gasteiger partial charge in [-0.3, -0.25) is 4.90 Å². The highest BCUT2D eigenvalue weighted by Gasteiger charge is 2.29. The van der Waals surface area contributed by atoms with Gasteiger partial charge in [0.2, 0.25) is 0 Å². The van der Waals surface area contributed by atoms with Crippen LogP contribution in [0, 0.1) is 0 Å². The van der Waals surface area contributed by atoms with Gasteiger partial charge in [-0.1, -0.05) is 48.5 Å². The maximum Gasteiger partial charge on any atom is 0.120 e. The first-order valence-corrected chi connectivity index (χ1v) is 8.10. The Labute approximate surface area is 139 Å². The van der Waals surface area contributed by atoms with Crippen molar-refractivity contribution in [2.45, 2.75) is 45.3 Å². The predicted molar refractivity (Wildman–Crippen MR) is 94.4 cm³/mol. The lowest BCUT2D eigenvalue weighted by Gasteiger charge is -2.41. The minimum Gasteiger partial charge on any atom is -0.508 e. The second-order valence-electron chi connectivity index (χ2n) is 6.95. The Bertz CT molecular complexity index is 605. The van der Waals surface area contributed by atoms with Crippen molar-refractivity contribution in [2.75, 3.05) is 6.61 Å². The Morgan fingerprint density at radius 2 is 1.57 bits per heavy atom. The van der Waals surface area contributed by atoms with Gasteiger partial charge >= 0.3 is 0 Å². The van der Waals surface area contributed by atoms with Gasteiger partial charge in [-0.2, -0.15) is 0 Å². The molecule has 0 aliphatic rings. The zero-order valence-electron chi connectivity index (χ0n) is 14.2. The molecule has 124 valence electrons. The lowest BCUT2D eigenvalue weighted by molar-refractivity contribution is 0.0378. The molecular formula is C20H27NO2. The number of benzene rings is 2. The topological polar surface area (TPSA) is 43.7 Å². The van der Waals surface area contributed by atoms with Gasteiger partial charge in [-0.25, -0.2) is 0 Å². The van der Waals surface area contributed by atoms with Crippen molar-refractivity contribution in [3.05, 3.63) is 65.7 Å². The molecule has 1 unspecified atom stereocenters. The number of para-hydroxylation sites is 1. The van der Waals surface area contributed by atoms with Gasteiger partial charge in [0, 0.05) is 23.7 Å². The molecule has 0 bridgehead atoms. The van der Waals surface area contributed by atoms with Crippen LogP contribution < -0.4 is 0 Å². The van der Waals surface area contributed by atoms with Crippen LogP contribution in [-0.2, 0) is 13.0 Å². The first-order chi connectivity index (χ1) is 10.9. The number of phenols is 1. The summed E-state index contributed by atoms with van der Waals surface area (Å²) in [6.45, 7) is 7.11. The molecule has 0 aliphatic heterocycles. The van der Waals surface area contributed by atoms with Crippen LogP contribution in [0.2, 0.25) is 0 Å². The fourth-order valence-corrected chi connectivity index (χ4v) is 2.90. The molecule has 1 atom stereocenters. The minimum absolute atomic E-state index is 0.00277. The molecule has 0 heterocycles. The number of aromatic hydroxyl groups is 1. The van der Waals surface area contributed by atoms with Crippen molar-refractivity contribution >= 4 is 0 Å². The third-order valence-corrected chi connectivity index (χ3v) is 4.16. The summed E-state index contributed by atoms with van der Waals surface area (Å²) in [6, 6.07) is 17.6. The summed E-state index contributed by atoms with van der Waals surface area (Å²) in [7, 11) is 0. The van der Waals surface area contributed by atoms with Crippen LogP contribution in [0.3, 0.4) is 0 Å². The third kappa shape index (κ3) is 4.81. The maximum atomic E-state index is 10.1. The average Bonchev–Trinajstić information content (AvgIpc) is 2.52. The Morgan fingerprint density at radius 3 is 2.13 bits per heavy atom. The minimum atomic E-state index is -0.121. The van der Waals surface area contributed by atoms with Crippen LogP contribution in [0.15, 0.2) is 54.6 Å². The van der Waals surface area contributed by atoms with Crippen molar-refractivity contribution in [3.8, 4) is 5.75 Å². The molecule has 3 nitrogen and oxygen atoms in total.